The molecule has 0 saturated carbocycles. The molecule has 0 radical (unpaired) electrons. The van der Waals surface area contributed by atoms with Crippen molar-refractivity contribution < 1.29 is 4.42 Å². The third-order valence-electron chi connectivity index (χ3n) is 3.57. The van der Waals surface area contributed by atoms with Crippen LogP contribution in [-0.4, -0.2) is 13.1 Å². The Morgan fingerprint density at radius 2 is 2.05 bits per heavy atom. The van der Waals surface area contributed by atoms with Crippen molar-refractivity contribution in [2.24, 2.45) is 0 Å². The van der Waals surface area contributed by atoms with Gasteiger partial charge < -0.3 is 14.6 Å². The van der Waals surface area contributed by atoms with Gasteiger partial charge in [-0.05, 0) is 25.1 Å². The van der Waals surface area contributed by atoms with E-state index >= 15 is 0 Å². The molecule has 2 rings (SSSR count). The van der Waals surface area contributed by atoms with E-state index in [1.165, 1.54) is 5.56 Å². The van der Waals surface area contributed by atoms with Crippen molar-refractivity contribution >= 4 is 17.3 Å². The summed E-state index contributed by atoms with van der Waals surface area (Å²) >= 11 is 6.38. The third kappa shape index (κ3) is 4.02. The van der Waals surface area contributed by atoms with Gasteiger partial charge in [0.25, 0.3) is 0 Å². The summed E-state index contributed by atoms with van der Waals surface area (Å²) in [5.41, 5.74) is 3.48. The molecule has 21 heavy (non-hydrogen) atoms. The molecule has 0 bridgehead atoms. The van der Waals surface area contributed by atoms with Gasteiger partial charge in [-0.25, -0.2) is 0 Å². The molecule has 1 aromatic heterocycles. The van der Waals surface area contributed by atoms with Gasteiger partial charge in [0, 0.05) is 48.0 Å². The number of halogens is 1. The van der Waals surface area contributed by atoms with Crippen LogP contribution in [0.4, 0.5) is 5.69 Å². The molecule has 3 nitrogen and oxygen atoms in total. The molecule has 0 saturated heterocycles. The molecule has 1 N–H and O–H groups in total. The maximum Gasteiger partial charge on any atom is 0.105 e. The summed E-state index contributed by atoms with van der Waals surface area (Å²) in [6.07, 6.45) is 1.73. The van der Waals surface area contributed by atoms with Gasteiger partial charge in [0.2, 0.25) is 0 Å². The zero-order valence-electron chi connectivity index (χ0n) is 13.1. The largest absolute Gasteiger partial charge is 0.469 e. The van der Waals surface area contributed by atoms with Crippen molar-refractivity contribution in [2.75, 3.05) is 11.9 Å². The quantitative estimate of drug-likeness (QED) is 0.858. The summed E-state index contributed by atoms with van der Waals surface area (Å²) in [6, 6.07) is 8.49. The van der Waals surface area contributed by atoms with Crippen LogP contribution in [-0.2, 0) is 13.1 Å². The standard InChI is InChI=1S/C17H23ClN2O/c1-12(2)19-10-15-16(18)6-5-7-17(15)20(4)11-14-8-9-21-13(14)3/h5-9,12,19H,10-11H2,1-4H3. The highest BCUT2D eigenvalue weighted by molar-refractivity contribution is 6.31. The SMILES string of the molecule is Cc1occc1CN(C)c1cccc(Cl)c1CNC(C)C. The maximum absolute atomic E-state index is 6.38. The van der Waals surface area contributed by atoms with Crippen molar-refractivity contribution in [3.05, 3.63) is 52.4 Å². The average molecular weight is 307 g/mol. The van der Waals surface area contributed by atoms with Crippen molar-refractivity contribution in [3.8, 4) is 0 Å². The fourth-order valence-electron chi connectivity index (χ4n) is 2.30. The molecule has 4 heteroatoms. The number of benzene rings is 1. The molecule has 0 unspecified atom stereocenters. The lowest BCUT2D eigenvalue weighted by atomic mass is 10.1. The van der Waals surface area contributed by atoms with Crippen molar-refractivity contribution in [1.82, 2.24) is 5.32 Å². The Morgan fingerprint density at radius 1 is 1.29 bits per heavy atom. The molecule has 0 aliphatic rings. The lowest BCUT2D eigenvalue weighted by Gasteiger charge is -2.24. The Labute approximate surface area is 131 Å². The van der Waals surface area contributed by atoms with Crippen molar-refractivity contribution in [3.63, 3.8) is 0 Å². The summed E-state index contributed by atoms with van der Waals surface area (Å²) in [7, 11) is 2.08. The van der Waals surface area contributed by atoms with Gasteiger partial charge in [-0.2, -0.15) is 0 Å². The Bertz CT molecular complexity index is 592. The highest BCUT2D eigenvalue weighted by Crippen LogP contribution is 2.28. The minimum absolute atomic E-state index is 0.426. The smallest absolute Gasteiger partial charge is 0.105 e. The lowest BCUT2D eigenvalue weighted by molar-refractivity contribution is 0.529. The van der Waals surface area contributed by atoms with E-state index in [4.69, 9.17) is 16.0 Å². The first-order valence-corrected chi connectivity index (χ1v) is 7.61. The average Bonchev–Trinajstić information content (AvgIpc) is 2.82. The van der Waals surface area contributed by atoms with E-state index < -0.39 is 0 Å². The Kier molecular flexibility index (Phi) is 5.32. The number of rotatable bonds is 6. The monoisotopic (exact) mass is 306 g/mol. The van der Waals surface area contributed by atoms with E-state index in [1.54, 1.807) is 6.26 Å². The minimum atomic E-state index is 0.426. The van der Waals surface area contributed by atoms with E-state index in [0.29, 0.717) is 6.04 Å². The maximum atomic E-state index is 6.38. The summed E-state index contributed by atoms with van der Waals surface area (Å²) in [5, 5.41) is 4.24. The fraction of sp³-hybridized carbons (Fsp3) is 0.412. The van der Waals surface area contributed by atoms with Crippen LogP contribution < -0.4 is 10.2 Å². The normalized spacial score (nSPS) is 11.1. The Morgan fingerprint density at radius 3 is 2.67 bits per heavy atom. The molecule has 0 aliphatic carbocycles. The van der Waals surface area contributed by atoms with Gasteiger partial charge in [-0.15, -0.1) is 0 Å². The second-order valence-corrected chi connectivity index (χ2v) is 6.04. The number of nitrogens with one attached hydrogen (secondary N) is 1. The predicted octanol–water partition coefficient (Wildman–Crippen LogP) is 4.38. The van der Waals surface area contributed by atoms with Crippen LogP contribution >= 0.6 is 11.6 Å². The first-order valence-electron chi connectivity index (χ1n) is 7.24. The first-order chi connectivity index (χ1) is 9.99. The zero-order chi connectivity index (χ0) is 15.4. The zero-order valence-corrected chi connectivity index (χ0v) is 13.9. The number of nitrogens with zero attached hydrogens (tertiary/aromatic N) is 1. The molecule has 0 spiro atoms. The summed E-state index contributed by atoms with van der Waals surface area (Å²) < 4.78 is 5.37. The summed E-state index contributed by atoms with van der Waals surface area (Å²) in [4.78, 5) is 2.21. The minimum Gasteiger partial charge on any atom is -0.469 e. The van der Waals surface area contributed by atoms with E-state index in [2.05, 4.69) is 37.2 Å². The topological polar surface area (TPSA) is 28.4 Å². The molecule has 0 fully saturated rings. The van der Waals surface area contributed by atoms with Gasteiger partial charge >= 0.3 is 0 Å². The highest BCUT2D eigenvalue weighted by atomic mass is 35.5. The molecular formula is C17H23ClN2O. The number of hydrogen-bond donors (Lipinski definition) is 1. The number of aryl methyl sites for hydroxylation is 1. The molecule has 1 aromatic carbocycles. The van der Waals surface area contributed by atoms with Crippen LogP contribution in [0.5, 0.6) is 0 Å². The number of anilines is 1. The second kappa shape index (κ2) is 7.01. The van der Waals surface area contributed by atoms with E-state index in [1.807, 2.05) is 25.1 Å². The fourth-order valence-corrected chi connectivity index (χ4v) is 2.54. The van der Waals surface area contributed by atoms with Gasteiger partial charge in [-0.3, -0.25) is 0 Å². The Hall–Kier alpha value is -1.45. The molecule has 2 aromatic rings. The van der Waals surface area contributed by atoms with Crippen LogP contribution in [0.3, 0.4) is 0 Å². The Balaban J connectivity index is 2.21. The molecule has 0 aliphatic heterocycles. The summed E-state index contributed by atoms with van der Waals surface area (Å²) in [5.74, 6) is 0.964. The molecular weight excluding hydrogens is 284 g/mol. The highest BCUT2D eigenvalue weighted by Gasteiger charge is 2.13. The van der Waals surface area contributed by atoms with Gasteiger partial charge in [0.1, 0.15) is 5.76 Å². The molecule has 114 valence electrons. The van der Waals surface area contributed by atoms with Crippen LogP contribution in [0.15, 0.2) is 34.9 Å². The van der Waals surface area contributed by atoms with Crippen LogP contribution in [0.2, 0.25) is 5.02 Å². The van der Waals surface area contributed by atoms with Crippen LogP contribution in [0.1, 0.15) is 30.7 Å². The van der Waals surface area contributed by atoms with Crippen LogP contribution in [0.25, 0.3) is 0 Å². The van der Waals surface area contributed by atoms with Gasteiger partial charge in [-0.1, -0.05) is 31.5 Å². The third-order valence-corrected chi connectivity index (χ3v) is 3.92. The number of hydrogen-bond acceptors (Lipinski definition) is 3. The first kappa shape index (κ1) is 15.9. The van der Waals surface area contributed by atoms with Crippen LogP contribution in [0, 0.1) is 6.92 Å². The van der Waals surface area contributed by atoms with Crippen molar-refractivity contribution in [2.45, 2.75) is 39.9 Å². The molecule has 0 amide bonds. The van der Waals surface area contributed by atoms with E-state index in [0.717, 1.165) is 35.1 Å². The molecule has 1 heterocycles. The van der Waals surface area contributed by atoms with Gasteiger partial charge in [0.05, 0.1) is 6.26 Å². The lowest BCUT2D eigenvalue weighted by Crippen LogP contribution is -2.25. The van der Waals surface area contributed by atoms with Crippen molar-refractivity contribution in [1.29, 1.82) is 0 Å². The predicted molar refractivity (Wildman–Crippen MR) is 89.0 cm³/mol. The van der Waals surface area contributed by atoms with Gasteiger partial charge in [0.15, 0.2) is 0 Å². The second-order valence-electron chi connectivity index (χ2n) is 5.63. The molecule has 0 atom stereocenters. The number of furan rings is 1. The summed E-state index contributed by atoms with van der Waals surface area (Å²) in [6.45, 7) is 7.82. The van der Waals surface area contributed by atoms with E-state index in [-0.39, 0.29) is 0 Å². The van der Waals surface area contributed by atoms with E-state index in [9.17, 15) is 0 Å².